The van der Waals surface area contributed by atoms with E-state index in [2.05, 4.69) is 86.0 Å². The molecule has 0 radical (unpaired) electrons. The highest BCUT2D eigenvalue weighted by atomic mass is 15.1. The van der Waals surface area contributed by atoms with Crippen molar-refractivity contribution in [2.24, 2.45) is 34.0 Å². The first-order valence-electron chi connectivity index (χ1n) is 16.1. The Labute approximate surface area is 229 Å². The second-order valence-corrected chi connectivity index (χ2v) is 15.7. The second-order valence-electron chi connectivity index (χ2n) is 15.7. The maximum absolute atomic E-state index is 2.61. The molecule has 2 nitrogen and oxygen atoms in total. The van der Waals surface area contributed by atoms with Crippen LogP contribution >= 0.6 is 0 Å². The molecule has 0 amide bonds. The number of piperidine rings is 2. The number of rotatable bonds is 4. The van der Waals surface area contributed by atoms with Crippen LogP contribution in [0.15, 0.2) is 0 Å². The van der Waals surface area contributed by atoms with Crippen LogP contribution in [0.3, 0.4) is 0 Å². The summed E-state index contributed by atoms with van der Waals surface area (Å²) in [5, 5.41) is 0. The van der Waals surface area contributed by atoms with E-state index in [1.165, 1.54) is 110 Å². The Morgan fingerprint density at radius 2 is 0.722 bits per heavy atom. The minimum atomic E-state index is 0.526. The lowest BCUT2D eigenvalue weighted by molar-refractivity contribution is 0.112. The molecule has 0 atom stereocenters. The van der Waals surface area contributed by atoms with Gasteiger partial charge in [0.25, 0.3) is 0 Å². The van der Waals surface area contributed by atoms with Crippen molar-refractivity contribution in [3.8, 4) is 0 Å². The molecule has 0 spiro atoms. The average molecular weight is 507 g/mol. The standard InChI is InChI=1S/2C12H25N.C10H20/c2*1-5-8-13-9-6-11(7-10-13)12(2,3)4;1-10(2,3)9-7-5-4-6-8-9/h2*11H,5-10H2,1-4H3;9H,4-8H2,1-3H3. The van der Waals surface area contributed by atoms with Crippen molar-refractivity contribution >= 4 is 0 Å². The Balaban J connectivity index is 0.000000273. The lowest BCUT2D eigenvalue weighted by Crippen LogP contribution is -2.38. The zero-order valence-corrected chi connectivity index (χ0v) is 27.1. The lowest BCUT2D eigenvalue weighted by Gasteiger charge is -2.38. The number of nitrogens with zero attached hydrogens (tertiary/aromatic N) is 2. The van der Waals surface area contributed by atoms with Gasteiger partial charge in [0, 0.05) is 0 Å². The third-order valence-electron chi connectivity index (χ3n) is 9.53. The van der Waals surface area contributed by atoms with Crippen molar-refractivity contribution in [2.75, 3.05) is 39.3 Å². The fraction of sp³-hybridized carbons (Fsp3) is 1.00. The number of likely N-dealkylation sites (tertiary alicyclic amines) is 2. The number of hydrogen-bond donors (Lipinski definition) is 0. The van der Waals surface area contributed by atoms with E-state index in [1.54, 1.807) is 0 Å². The van der Waals surface area contributed by atoms with Crippen molar-refractivity contribution in [3.05, 3.63) is 0 Å². The predicted octanol–water partition coefficient (Wildman–Crippen LogP) is 9.92. The Bertz CT molecular complexity index is 489. The summed E-state index contributed by atoms with van der Waals surface area (Å²) in [6.45, 7) is 33.9. The monoisotopic (exact) mass is 507 g/mol. The molecular formula is C34H70N2. The van der Waals surface area contributed by atoms with Gasteiger partial charge in [-0.25, -0.2) is 0 Å². The van der Waals surface area contributed by atoms with Crippen LogP contribution in [0, 0.1) is 34.0 Å². The highest BCUT2D eigenvalue weighted by molar-refractivity contribution is 4.81. The molecule has 0 aromatic rings. The van der Waals surface area contributed by atoms with Gasteiger partial charge in [0.1, 0.15) is 0 Å². The zero-order chi connectivity index (χ0) is 27.4. The number of hydrogen-bond acceptors (Lipinski definition) is 2. The van der Waals surface area contributed by atoms with Crippen molar-refractivity contribution in [1.29, 1.82) is 0 Å². The molecule has 36 heavy (non-hydrogen) atoms. The van der Waals surface area contributed by atoms with Crippen LogP contribution in [0.2, 0.25) is 0 Å². The molecule has 216 valence electrons. The van der Waals surface area contributed by atoms with Crippen LogP contribution in [0.5, 0.6) is 0 Å². The predicted molar refractivity (Wildman–Crippen MR) is 164 cm³/mol. The van der Waals surface area contributed by atoms with Crippen LogP contribution in [0.4, 0.5) is 0 Å². The molecule has 2 saturated heterocycles. The van der Waals surface area contributed by atoms with E-state index in [-0.39, 0.29) is 0 Å². The van der Waals surface area contributed by atoms with Gasteiger partial charge in [-0.1, -0.05) is 95.4 Å². The molecular weight excluding hydrogens is 436 g/mol. The molecule has 2 heteroatoms. The summed E-state index contributed by atoms with van der Waals surface area (Å²) in [7, 11) is 0. The Hall–Kier alpha value is -0.0800. The summed E-state index contributed by atoms with van der Waals surface area (Å²) >= 11 is 0. The van der Waals surface area contributed by atoms with Crippen LogP contribution in [0.1, 0.15) is 147 Å². The van der Waals surface area contributed by atoms with Gasteiger partial charge in [0.15, 0.2) is 0 Å². The van der Waals surface area contributed by atoms with Gasteiger partial charge in [-0.15, -0.1) is 0 Å². The van der Waals surface area contributed by atoms with E-state index in [0.717, 1.165) is 17.8 Å². The molecule has 0 unspecified atom stereocenters. The summed E-state index contributed by atoms with van der Waals surface area (Å²) < 4.78 is 0. The molecule has 3 fully saturated rings. The zero-order valence-electron chi connectivity index (χ0n) is 27.1. The molecule has 2 aliphatic heterocycles. The first-order valence-corrected chi connectivity index (χ1v) is 16.1. The molecule has 3 rings (SSSR count). The van der Waals surface area contributed by atoms with E-state index in [4.69, 9.17) is 0 Å². The topological polar surface area (TPSA) is 6.48 Å². The minimum absolute atomic E-state index is 0.526. The van der Waals surface area contributed by atoms with Gasteiger partial charge < -0.3 is 9.80 Å². The van der Waals surface area contributed by atoms with Crippen molar-refractivity contribution in [3.63, 3.8) is 0 Å². The summed E-state index contributed by atoms with van der Waals surface area (Å²) in [5.74, 6) is 2.89. The summed E-state index contributed by atoms with van der Waals surface area (Å²) in [6, 6.07) is 0. The third-order valence-corrected chi connectivity index (χ3v) is 9.53. The molecule has 1 saturated carbocycles. The molecule has 0 bridgehead atoms. The van der Waals surface area contributed by atoms with Gasteiger partial charge in [0.05, 0.1) is 0 Å². The second kappa shape index (κ2) is 16.1. The van der Waals surface area contributed by atoms with E-state index in [9.17, 15) is 0 Å². The molecule has 2 heterocycles. The summed E-state index contributed by atoms with van der Waals surface area (Å²) in [4.78, 5) is 5.23. The smallest absolute Gasteiger partial charge is 0.00159 e. The Kier molecular flexibility index (Phi) is 15.2. The molecule has 3 aliphatic rings. The van der Waals surface area contributed by atoms with E-state index < -0.39 is 0 Å². The molecule has 0 N–H and O–H groups in total. The molecule has 1 aliphatic carbocycles. The fourth-order valence-corrected chi connectivity index (χ4v) is 6.65. The van der Waals surface area contributed by atoms with E-state index in [1.807, 2.05) is 0 Å². The van der Waals surface area contributed by atoms with E-state index in [0.29, 0.717) is 16.2 Å². The molecule has 0 aromatic heterocycles. The average Bonchev–Trinajstić information content (AvgIpc) is 2.80. The summed E-state index contributed by atoms with van der Waals surface area (Å²) in [6.07, 6.45) is 15.6. The normalized spacial score (nSPS) is 22.4. The first kappa shape index (κ1) is 33.9. The summed E-state index contributed by atoms with van der Waals surface area (Å²) in [5.41, 5.74) is 1.62. The van der Waals surface area contributed by atoms with E-state index >= 15 is 0 Å². The quantitative estimate of drug-likeness (QED) is 0.374. The SMILES string of the molecule is CC(C)(C)C1CCCCC1.CCCN1CCC(C(C)(C)C)CC1.CCCN1CCC(C(C)(C)C)CC1. The fourth-order valence-electron chi connectivity index (χ4n) is 6.65. The highest BCUT2D eigenvalue weighted by Gasteiger charge is 2.29. The third kappa shape index (κ3) is 13.6. The largest absolute Gasteiger partial charge is 0.303 e. The van der Waals surface area contributed by atoms with Gasteiger partial charge in [0.2, 0.25) is 0 Å². The maximum atomic E-state index is 2.61. The molecule has 0 aromatic carbocycles. The first-order chi connectivity index (χ1) is 16.7. The van der Waals surface area contributed by atoms with Crippen molar-refractivity contribution in [2.45, 2.75) is 147 Å². The van der Waals surface area contributed by atoms with Gasteiger partial charge >= 0.3 is 0 Å². The van der Waals surface area contributed by atoms with Crippen LogP contribution in [0.25, 0.3) is 0 Å². The van der Waals surface area contributed by atoms with Crippen LogP contribution in [-0.2, 0) is 0 Å². The van der Waals surface area contributed by atoms with Crippen LogP contribution in [-0.4, -0.2) is 49.1 Å². The maximum Gasteiger partial charge on any atom is -0.00159 e. The van der Waals surface area contributed by atoms with Crippen molar-refractivity contribution < 1.29 is 0 Å². The Morgan fingerprint density at radius 1 is 0.444 bits per heavy atom. The Morgan fingerprint density at radius 3 is 0.944 bits per heavy atom. The van der Waals surface area contributed by atoms with Gasteiger partial charge in [-0.05, 0) is 125 Å². The van der Waals surface area contributed by atoms with Gasteiger partial charge in [-0.2, -0.15) is 0 Å². The van der Waals surface area contributed by atoms with Crippen LogP contribution < -0.4 is 0 Å². The van der Waals surface area contributed by atoms with Crippen molar-refractivity contribution in [1.82, 2.24) is 9.80 Å². The lowest BCUT2D eigenvalue weighted by atomic mass is 9.72. The minimum Gasteiger partial charge on any atom is -0.303 e. The van der Waals surface area contributed by atoms with Gasteiger partial charge in [-0.3, -0.25) is 0 Å². The highest BCUT2D eigenvalue weighted by Crippen LogP contribution is 2.37.